The molecule has 0 radical (unpaired) electrons. The summed E-state index contributed by atoms with van der Waals surface area (Å²) in [4.78, 5) is 20.9. The van der Waals surface area contributed by atoms with Crippen molar-refractivity contribution in [1.82, 2.24) is 4.98 Å². The van der Waals surface area contributed by atoms with Crippen molar-refractivity contribution in [2.45, 2.75) is 0 Å². The molecule has 6 nitrogen and oxygen atoms in total. The molecule has 1 aromatic heterocycles. The number of amides is 1. The molecule has 4 aromatic rings. The van der Waals surface area contributed by atoms with Crippen molar-refractivity contribution in [1.29, 1.82) is 0 Å². The van der Waals surface area contributed by atoms with Crippen molar-refractivity contribution in [2.75, 3.05) is 17.7 Å². The topological polar surface area (TPSA) is 78.5 Å². The van der Waals surface area contributed by atoms with E-state index in [4.69, 9.17) is 9.73 Å². The molecule has 0 saturated carbocycles. The van der Waals surface area contributed by atoms with Gasteiger partial charge in [0.1, 0.15) is 11.6 Å². The van der Waals surface area contributed by atoms with Crippen LogP contribution in [0, 0.1) is 0 Å². The van der Waals surface area contributed by atoms with Gasteiger partial charge in [-0.2, -0.15) is 0 Å². The highest BCUT2D eigenvalue weighted by atomic mass is 16.5. The molecule has 0 fully saturated rings. The minimum atomic E-state index is -0.175. The third-order valence-electron chi connectivity index (χ3n) is 6.06. The number of hydrogen-bond acceptors (Lipinski definition) is 4. The molecule has 0 atom stereocenters. The summed E-state index contributed by atoms with van der Waals surface area (Å²) < 4.78 is 5.39. The number of nitrogens with zero attached hydrogens (tertiary/aromatic N) is 1. The number of H-pyrrole nitrogens is 1. The second kappa shape index (κ2) is 7.24. The zero-order chi connectivity index (χ0) is 22.5. The summed E-state index contributed by atoms with van der Waals surface area (Å²) in [6, 6.07) is 20.0. The molecule has 0 saturated heterocycles. The number of nitrogens with one attached hydrogen (secondary N) is 3. The fraction of sp³-hybridized carbons (Fsp3) is 0.0370. The molecule has 6 rings (SSSR count). The molecular formula is C27H20N4O2. The zero-order valence-corrected chi connectivity index (χ0v) is 17.9. The van der Waals surface area contributed by atoms with Crippen molar-refractivity contribution in [3.8, 4) is 5.75 Å². The molecule has 0 aliphatic carbocycles. The van der Waals surface area contributed by atoms with Crippen LogP contribution < -0.4 is 15.4 Å². The lowest BCUT2D eigenvalue weighted by atomic mass is 9.98. The molecule has 2 aliphatic heterocycles. The maximum absolute atomic E-state index is 12.8. The van der Waals surface area contributed by atoms with Gasteiger partial charge in [-0.05, 0) is 35.7 Å². The van der Waals surface area contributed by atoms with Crippen LogP contribution in [0.3, 0.4) is 0 Å². The van der Waals surface area contributed by atoms with Gasteiger partial charge in [0.15, 0.2) is 0 Å². The Morgan fingerprint density at radius 1 is 1.06 bits per heavy atom. The Morgan fingerprint density at radius 2 is 1.91 bits per heavy atom. The number of benzene rings is 3. The minimum absolute atomic E-state index is 0.175. The van der Waals surface area contributed by atoms with E-state index >= 15 is 0 Å². The number of fused-ring (bicyclic) bond motifs is 4. The van der Waals surface area contributed by atoms with E-state index in [0.717, 1.165) is 50.2 Å². The summed E-state index contributed by atoms with van der Waals surface area (Å²) in [5.41, 5.74) is 6.14. The monoisotopic (exact) mass is 432 g/mol. The first-order valence-electron chi connectivity index (χ1n) is 10.6. The second-order valence-electron chi connectivity index (χ2n) is 7.95. The Labute approximate surface area is 190 Å². The number of carbonyl (C=O) groups excluding carboxylic acids is 1. The molecule has 0 unspecified atom stereocenters. The minimum Gasteiger partial charge on any atom is -0.495 e. The molecule has 2 aliphatic rings. The maximum atomic E-state index is 12.8. The molecule has 160 valence electrons. The number of aromatic nitrogens is 1. The maximum Gasteiger partial charge on any atom is 0.256 e. The fourth-order valence-electron chi connectivity index (χ4n) is 4.44. The number of aromatic amines is 1. The summed E-state index contributed by atoms with van der Waals surface area (Å²) in [5, 5.41) is 8.66. The number of anilines is 2. The fourth-order valence-corrected chi connectivity index (χ4v) is 4.44. The number of carbonyl (C=O) groups is 1. The van der Waals surface area contributed by atoms with E-state index in [1.54, 1.807) is 19.4 Å². The van der Waals surface area contributed by atoms with Gasteiger partial charge in [0, 0.05) is 34.0 Å². The average Bonchev–Trinajstić information content (AvgIpc) is 3.50. The van der Waals surface area contributed by atoms with E-state index in [-0.39, 0.29) is 5.91 Å². The summed E-state index contributed by atoms with van der Waals surface area (Å²) >= 11 is 0. The summed E-state index contributed by atoms with van der Waals surface area (Å²) in [7, 11) is 1.60. The van der Waals surface area contributed by atoms with Crippen molar-refractivity contribution in [2.24, 2.45) is 4.99 Å². The van der Waals surface area contributed by atoms with Crippen LogP contribution >= 0.6 is 0 Å². The zero-order valence-electron chi connectivity index (χ0n) is 17.9. The third kappa shape index (κ3) is 2.96. The van der Waals surface area contributed by atoms with Gasteiger partial charge < -0.3 is 20.4 Å². The van der Waals surface area contributed by atoms with Crippen molar-refractivity contribution >= 4 is 56.8 Å². The molecule has 6 heteroatoms. The van der Waals surface area contributed by atoms with Gasteiger partial charge in [-0.3, -0.25) is 4.79 Å². The number of methoxy groups -OCH3 is 1. The van der Waals surface area contributed by atoms with Crippen LogP contribution in [0.1, 0.15) is 16.8 Å². The van der Waals surface area contributed by atoms with Gasteiger partial charge in [0.25, 0.3) is 5.91 Å². The van der Waals surface area contributed by atoms with E-state index in [2.05, 4.69) is 40.4 Å². The number of amidine groups is 1. The van der Waals surface area contributed by atoms with Gasteiger partial charge in [-0.25, -0.2) is 4.99 Å². The first-order valence-corrected chi connectivity index (χ1v) is 10.6. The highest BCUT2D eigenvalue weighted by Gasteiger charge is 2.32. The molecule has 0 spiro atoms. The van der Waals surface area contributed by atoms with Crippen LogP contribution in [0.2, 0.25) is 0 Å². The highest BCUT2D eigenvalue weighted by Crippen LogP contribution is 2.47. The number of ether oxygens (including phenoxy) is 1. The average molecular weight is 432 g/mol. The smallest absolute Gasteiger partial charge is 0.256 e. The van der Waals surface area contributed by atoms with Crippen LogP contribution in [0.15, 0.2) is 78.4 Å². The van der Waals surface area contributed by atoms with Crippen LogP contribution in [0.5, 0.6) is 5.75 Å². The van der Waals surface area contributed by atoms with Crippen molar-refractivity contribution in [3.63, 3.8) is 0 Å². The lowest BCUT2D eigenvalue weighted by Gasteiger charge is -2.10. The normalized spacial score (nSPS) is 15.4. The summed E-state index contributed by atoms with van der Waals surface area (Å²) in [5.74, 6) is 1.17. The highest BCUT2D eigenvalue weighted by molar-refractivity contribution is 6.39. The summed E-state index contributed by atoms with van der Waals surface area (Å²) in [6.45, 7) is 4.28. The molecule has 3 aromatic carbocycles. The second-order valence-corrected chi connectivity index (χ2v) is 7.95. The third-order valence-corrected chi connectivity index (χ3v) is 6.06. The quantitative estimate of drug-likeness (QED) is 0.356. The summed E-state index contributed by atoms with van der Waals surface area (Å²) in [6.07, 6.45) is 3.58. The standard InChI is InChI=1S/C27H20N4O2/c1-15-17-10-11-21-24(19(27(32)30-21)14-22-23(33-2)12-13-28-22)25(17)31-26(15)29-20-9-5-7-16-6-3-4-8-18(16)20/h3-14,28H,1H2,2H3,(H,29,31)(H,30,32)/b19-14-. The molecular weight excluding hydrogens is 412 g/mol. The number of rotatable bonds is 3. The van der Waals surface area contributed by atoms with Crippen LogP contribution in [0.25, 0.3) is 28.0 Å². The Kier molecular flexibility index (Phi) is 4.20. The molecule has 0 bridgehead atoms. The first kappa shape index (κ1) is 19.1. The number of aliphatic imine (C=N–C) groups is 1. The Balaban J connectivity index is 1.45. The molecule has 3 heterocycles. The Bertz CT molecular complexity index is 1540. The Hall–Kier alpha value is -4.58. The SMILES string of the molecule is C=C1C(Nc2cccc3ccccc23)=Nc2c1ccc1c2/C(=C/c2[nH]ccc2OC)C(=O)N1. The lowest BCUT2D eigenvalue weighted by molar-refractivity contribution is -0.110. The van der Waals surface area contributed by atoms with Gasteiger partial charge in [-0.1, -0.05) is 43.0 Å². The van der Waals surface area contributed by atoms with Crippen LogP contribution in [0.4, 0.5) is 17.1 Å². The predicted molar refractivity (Wildman–Crippen MR) is 134 cm³/mol. The van der Waals surface area contributed by atoms with Crippen LogP contribution in [-0.4, -0.2) is 23.8 Å². The van der Waals surface area contributed by atoms with E-state index in [0.29, 0.717) is 17.2 Å². The largest absolute Gasteiger partial charge is 0.495 e. The Morgan fingerprint density at radius 3 is 2.79 bits per heavy atom. The van der Waals surface area contributed by atoms with Crippen molar-refractivity contribution in [3.05, 3.63) is 90.3 Å². The van der Waals surface area contributed by atoms with Gasteiger partial charge >= 0.3 is 0 Å². The number of hydrogen-bond donors (Lipinski definition) is 3. The predicted octanol–water partition coefficient (Wildman–Crippen LogP) is 5.84. The van der Waals surface area contributed by atoms with E-state index in [1.807, 2.05) is 42.5 Å². The van der Waals surface area contributed by atoms with E-state index in [1.165, 1.54) is 0 Å². The molecule has 3 N–H and O–H groups in total. The first-order chi connectivity index (χ1) is 16.1. The van der Waals surface area contributed by atoms with E-state index in [9.17, 15) is 4.79 Å². The molecule has 1 amide bonds. The molecule has 33 heavy (non-hydrogen) atoms. The van der Waals surface area contributed by atoms with Gasteiger partial charge in [0.2, 0.25) is 0 Å². The van der Waals surface area contributed by atoms with E-state index < -0.39 is 0 Å². The van der Waals surface area contributed by atoms with Crippen LogP contribution in [-0.2, 0) is 4.79 Å². The van der Waals surface area contributed by atoms with Gasteiger partial charge in [-0.15, -0.1) is 0 Å². The lowest BCUT2D eigenvalue weighted by Crippen LogP contribution is -2.10. The van der Waals surface area contributed by atoms with Crippen molar-refractivity contribution < 1.29 is 9.53 Å². The van der Waals surface area contributed by atoms with Gasteiger partial charge in [0.05, 0.1) is 29.8 Å².